The summed E-state index contributed by atoms with van der Waals surface area (Å²) in [4.78, 5) is 21.6. The number of carbonyl (C=O) groups is 1. The number of fused-ring (bicyclic) bond motifs is 1. The Balaban J connectivity index is 1.48. The van der Waals surface area contributed by atoms with Crippen molar-refractivity contribution in [3.05, 3.63) is 41.2 Å². The first-order chi connectivity index (χ1) is 13.8. The largest absolute Gasteiger partial charge is 0.489 e. The zero-order chi connectivity index (χ0) is 20.6. The molecule has 0 radical (unpaired) electrons. The van der Waals surface area contributed by atoms with Crippen LogP contribution in [0.25, 0.3) is 0 Å². The number of aromatic nitrogens is 2. The van der Waals surface area contributed by atoms with Crippen LogP contribution < -0.4 is 19.7 Å². The molecule has 0 saturated carbocycles. The Morgan fingerprint density at radius 2 is 2.00 bits per heavy atom. The molecule has 0 atom stereocenters. The molecule has 29 heavy (non-hydrogen) atoms. The quantitative estimate of drug-likeness (QED) is 0.839. The van der Waals surface area contributed by atoms with E-state index < -0.39 is 17.6 Å². The molecule has 2 aliphatic heterocycles. The molecule has 0 spiro atoms. The predicted octanol–water partition coefficient (Wildman–Crippen LogP) is 2.80. The van der Waals surface area contributed by atoms with E-state index in [1.807, 2.05) is 0 Å². The van der Waals surface area contributed by atoms with Gasteiger partial charge in [-0.15, -0.1) is 0 Å². The third-order valence-corrected chi connectivity index (χ3v) is 5.01. The molecular formula is C19H19F3N4O3. The summed E-state index contributed by atoms with van der Waals surface area (Å²) in [6.45, 7) is 0.873. The van der Waals surface area contributed by atoms with Crippen LogP contribution in [0, 0.1) is 0 Å². The van der Waals surface area contributed by atoms with Crippen molar-refractivity contribution in [3.63, 3.8) is 0 Å². The smallest absolute Gasteiger partial charge is 0.419 e. The summed E-state index contributed by atoms with van der Waals surface area (Å²) in [5, 5.41) is 2.51. The first-order valence-corrected chi connectivity index (χ1v) is 9.16. The second kappa shape index (κ2) is 7.41. The van der Waals surface area contributed by atoms with Crippen LogP contribution in [0.5, 0.6) is 11.6 Å². The second-order valence-corrected chi connectivity index (χ2v) is 6.87. The highest BCUT2D eigenvalue weighted by Crippen LogP contribution is 2.38. The van der Waals surface area contributed by atoms with Gasteiger partial charge in [0, 0.05) is 32.0 Å². The van der Waals surface area contributed by atoms with E-state index in [0.717, 1.165) is 6.07 Å². The van der Waals surface area contributed by atoms with Gasteiger partial charge in [-0.2, -0.15) is 13.2 Å². The Bertz CT molecular complexity index is 910. The van der Waals surface area contributed by atoms with Gasteiger partial charge in [0.05, 0.1) is 36.7 Å². The van der Waals surface area contributed by atoms with Crippen molar-refractivity contribution >= 4 is 11.7 Å². The molecule has 1 saturated heterocycles. The zero-order valence-corrected chi connectivity index (χ0v) is 15.6. The van der Waals surface area contributed by atoms with Gasteiger partial charge in [0.1, 0.15) is 17.7 Å². The number of piperidine rings is 1. The fourth-order valence-electron chi connectivity index (χ4n) is 3.52. The van der Waals surface area contributed by atoms with Crippen LogP contribution in [-0.4, -0.2) is 42.2 Å². The number of amides is 1. The minimum Gasteiger partial charge on any atom is -0.489 e. The van der Waals surface area contributed by atoms with E-state index in [2.05, 4.69) is 15.3 Å². The average molecular weight is 408 g/mol. The van der Waals surface area contributed by atoms with Crippen molar-refractivity contribution < 1.29 is 27.4 Å². The van der Waals surface area contributed by atoms with E-state index in [1.54, 1.807) is 23.2 Å². The van der Waals surface area contributed by atoms with Crippen LogP contribution in [-0.2, 0) is 12.7 Å². The van der Waals surface area contributed by atoms with E-state index in [4.69, 9.17) is 9.47 Å². The molecule has 4 heterocycles. The Kier molecular flexibility index (Phi) is 4.93. The summed E-state index contributed by atoms with van der Waals surface area (Å²) in [7, 11) is 1.52. The van der Waals surface area contributed by atoms with Gasteiger partial charge >= 0.3 is 6.18 Å². The Morgan fingerprint density at radius 1 is 1.24 bits per heavy atom. The van der Waals surface area contributed by atoms with E-state index in [9.17, 15) is 18.0 Å². The van der Waals surface area contributed by atoms with Gasteiger partial charge in [0.2, 0.25) is 5.88 Å². The molecule has 2 aliphatic rings. The number of anilines is 1. The van der Waals surface area contributed by atoms with E-state index >= 15 is 0 Å². The molecule has 2 aromatic heterocycles. The number of methoxy groups -OCH3 is 1. The fourth-order valence-corrected chi connectivity index (χ4v) is 3.52. The molecule has 1 N–H and O–H groups in total. The minimum absolute atomic E-state index is 0.00806. The number of alkyl halides is 3. The second-order valence-electron chi connectivity index (χ2n) is 6.87. The fraction of sp³-hybridized carbons (Fsp3) is 0.421. The van der Waals surface area contributed by atoms with Crippen molar-refractivity contribution in [1.82, 2.24) is 15.3 Å². The van der Waals surface area contributed by atoms with Crippen LogP contribution >= 0.6 is 0 Å². The molecule has 4 rings (SSSR count). The van der Waals surface area contributed by atoms with Crippen LogP contribution in [0.3, 0.4) is 0 Å². The zero-order valence-electron chi connectivity index (χ0n) is 15.6. The van der Waals surface area contributed by atoms with E-state index in [-0.39, 0.29) is 24.0 Å². The van der Waals surface area contributed by atoms with Crippen LogP contribution in [0.4, 0.5) is 19.0 Å². The number of ether oxygens (including phenoxy) is 2. The Labute approximate surface area is 164 Å². The first-order valence-electron chi connectivity index (χ1n) is 9.16. The molecule has 0 bridgehead atoms. The molecule has 7 nitrogen and oxygen atoms in total. The SMILES string of the molecule is COc1ccc(OC2CCN(c3nc4c(cc3C(F)(F)F)C(=O)NC4)CC2)cn1. The van der Waals surface area contributed by atoms with Crippen molar-refractivity contribution in [2.75, 3.05) is 25.1 Å². The standard InChI is InChI=1S/C19H19F3N4O3/c1-28-16-3-2-12(9-23-16)29-11-4-6-26(7-5-11)17-14(19(20,21)22)8-13-15(25-17)10-24-18(13)27/h2-3,8-9,11H,4-7,10H2,1H3,(H,24,27). The van der Waals surface area contributed by atoms with Gasteiger partial charge in [0.25, 0.3) is 5.91 Å². The maximum absolute atomic E-state index is 13.6. The number of halogens is 3. The lowest BCUT2D eigenvalue weighted by Gasteiger charge is -2.34. The third kappa shape index (κ3) is 3.92. The lowest BCUT2D eigenvalue weighted by molar-refractivity contribution is -0.137. The number of nitrogens with one attached hydrogen (secondary N) is 1. The van der Waals surface area contributed by atoms with Crippen molar-refractivity contribution in [3.8, 4) is 11.6 Å². The highest BCUT2D eigenvalue weighted by Gasteiger charge is 2.39. The predicted molar refractivity (Wildman–Crippen MR) is 97.1 cm³/mol. The Morgan fingerprint density at radius 3 is 2.62 bits per heavy atom. The highest BCUT2D eigenvalue weighted by molar-refractivity contribution is 5.98. The van der Waals surface area contributed by atoms with E-state index in [1.165, 1.54) is 7.11 Å². The van der Waals surface area contributed by atoms with E-state index in [0.29, 0.717) is 43.3 Å². The van der Waals surface area contributed by atoms with Crippen molar-refractivity contribution in [2.24, 2.45) is 0 Å². The number of nitrogens with zero attached hydrogens (tertiary/aromatic N) is 3. The topological polar surface area (TPSA) is 76.6 Å². The van der Waals surface area contributed by atoms with Crippen LogP contribution in [0.2, 0.25) is 0 Å². The highest BCUT2D eigenvalue weighted by atomic mass is 19.4. The average Bonchev–Trinajstić information content (AvgIpc) is 3.08. The lowest BCUT2D eigenvalue weighted by Crippen LogP contribution is -2.39. The maximum atomic E-state index is 13.6. The summed E-state index contributed by atoms with van der Waals surface area (Å²) < 4.78 is 51.6. The van der Waals surface area contributed by atoms with Gasteiger partial charge in [-0.3, -0.25) is 4.79 Å². The third-order valence-electron chi connectivity index (χ3n) is 5.01. The summed E-state index contributed by atoms with van der Waals surface area (Å²) in [5.74, 6) is 0.407. The lowest BCUT2D eigenvalue weighted by atomic mass is 10.1. The summed E-state index contributed by atoms with van der Waals surface area (Å²) in [5.41, 5.74) is -0.543. The molecule has 1 fully saturated rings. The number of carbonyl (C=O) groups excluding carboxylic acids is 1. The van der Waals surface area contributed by atoms with Crippen molar-refractivity contribution in [2.45, 2.75) is 31.7 Å². The normalized spacial score (nSPS) is 17.1. The molecule has 10 heteroatoms. The Hall–Kier alpha value is -3.04. The summed E-state index contributed by atoms with van der Waals surface area (Å²) >= 11 is 0. The summed E-state index contributed by atoms with van der Waals surface area (Å²) in [6.07, 6.45) is -2.09. The van der Waals surface area contributed by atoms with Gasteiger partial charge in [-0.25, -0.2) is 9.97 Å². The van der Waals surface area contributed by atoms with Crippen LogP contribution in [0.1, 0.15) is 34.5 Å². The maximum Gasteiger partial charge on any atom is 0.419 e. The van der Waals surface area contributed by atoms with Gasteiger partial charge in [-0.1, -0.05) is 0 Å². The number of pyridine rings is 2. The first kappa shape index (κ1) is 19.3. The summed E-state index contributed by atoms with van der Waals surface area (Å²) in [6, 6.07) is 4.33. The van der Waals surface area contributed by atoms with Gasteiger partial charge < -0.3 is 19.7 Å². The van der Waals surface area contributed by atoms with Crippen LogP contribution in [0.15, 0.2) is 24.4 Å². The number of hydrogen-bond acceptors (Lipinski definition) is 6. The molecule has 0 aromatic carbocycles. The number of hydrogen-bond donors (Lipinski definition) is 1. The van der Waals surface area contributed by atoms with Gasteiger partial charge in [0.15, 0.2) is 0 Å². The molecule has 154 valence electrons. The van der Waals surface area contributed by atoms with Crippen molar-refractivity contribution in [1.29, 1.82) is 0 Å². The minimum atomic E-state index is -4.59. The molecule has 2 aromatic rings. The molecule has 0 unspecified atom stereocenters. The molecule has 1 amide bonds. The number of rotatable bonds is 4. The monoisotopic (exact) mass is 408 g/mol. The molecule has 0 aliphatic carbocycles. The molecular weight excluding hydrogens is 389 g/mol. The van der Waals surface area contributed by atoms with Gasteiger partial charge in [-0.05, 0) is 12.1 Å².